The topological polar surface area (TPSA) is 20.3 Å². The number of rotatable bonds is 4. The lowest BCUT2D eigenvalue weighted by Crippen LogP contribution is -2.26. The first-order chi connectivity index (χ1) is 6.74. The van der Waals surface area contributed by atoms with Crippen LogP contribution in [0, 0.1) is 0 Å². The molecule has 2 nitrogen and oxygen atoms in total. The first-order valence-corrected chi connectivity index (χ1v) is 4.33. The van der Waals surface area contributed by atoms with E-state index in [9.17, 15) is 9.18 Å². The fourth-order valence-electron chi connectivity index (χ4n) is 1.16. The van der Waals surface area contributed by atoms with E-state index in [1.807, 2.05) is 30.3 Å². The van der Waals surface area contributed by atoms with Crippen molar-refractivity contribution in [3.63, 3.8) is 0 Å². The average Bonchev–Trinajstić information content (AvgIpc) is 2.18. The molecule has 0 aliphatic rings. The molecule has 0 aliphatic carbocycles. The van der Waals surface area contributed by atoms with Gasteiger partial charge in [0.25, 0.3) is 0 Å². The Kier molecular flexibility index (Phi) is 3.85. The summed E-state index contributed by atoms with van der Waals surface area (Å²) in [5.41, 5.74) is 0.903. The van der Waals surface area contributed by atoms with Gasteiger partial charge < -0.3 is 4.90 Å². The van der Waals surface area contributed by atoms with Gasteiger partial charge in [0, 0.05) is 13.1 Å². The molecule has 0 radical (unpaired) electrons. The molecular formula is C11H12FNO. The van der Waals surface area contributed by atoms with Crippen molar-refractivity contribution in [1.29, 1.82) is 0 Å². The molecule has 1 aromatic carbocycles. The van der Waals surface area contributed by atoms with Crippen LogP contribution in [0.3, 0.4) is 0 Å². The number of hydrogen-bond acceptors (Lipinski definition) is 1. The lowest BCUT2D eigenvalue weighted by molar-refractivity contribution is 0.177. The Morgan fingerprint density at radius 1 is 1.43 bits per heavy atom. The summed E-state index contributed by atoms with van der Waals surface area (Å²) in [6.45, 7) is 3.97. The molecule has 0 fully saturated rings. The molecule has 0 N–H and O–H groups in total. The number of nitrogens with zero attached hydrogens (tertiary/aromatic N) is 1. The Morgan fingerprint density at radius 3 is 2.57 bits per heavy atom. The molecule has 1 amide bonds. The highest BCUT2D eigenvalue weighted by atomic mass is 19.1. The fourth-order valence-corrected chi connectivity index (χ4v) is 1.16. The molecule has 0 heterocycles. The smallest absolute Gasteiger partial charge is 0.307 e. The maximum Gasteiger partial charge on any atom is 0.400 e. The van der Waals surface area contributed by atoms with E-state index >= 15 is 0 Å². The number of carbonyl (C=O) groups is 1. The van der Waals surface area contributed by atoms with E-state index in [4.69, 9.17) is 0 Å². The van der Waals surface area contributed by atoms with Crippen LogP contribution in [0.15, 0.2) is 43.0 Å². The molecule has 3 heteroatoms. The van der Waals surface area contributed by atoms with Gasteiger partial charge in [0.15, 0.2) is 0 Å². The Morgan fingerprint density at radius 2 is 2.07 bits per heavy atom. The van der Waals surface area contributed by atoms with Crippen LogP contribution >= 0.6 is 0 Å². The average molecular weight is 193 g/mol. The van der Waals surface area contributed by atoms with Crippen molar-refractivity contribution in [2.75, 3.05) is 6.54 Å². The van der Waals surface area contributed by atoms with E-state index in [1.165, 1.54) is 6.08 Å². The number of hydrogen-bond donors (Lipinski definition) is 0. The summed E-state index contributed by atoms with van der Waals surface area (Å²) < 4.78 is 12.5. The van der Waals surface area contributed by atoms with Gasteiger partial charge in [-0.3, -0.25) is 0 Å². The van der Waals surface area contributed by atoms with Gasteiger partial charge in [-0.25, -0.2) is 4.79 Å². The summed E-state index contributed by atoms with van der Waals surface area (Å²) in [7, 11) is 0. The predicted octanol–water partition coefficient (Wildman–Crippen LogP) is 2.76. The second-order valence-electron chi connectivity index (χ2n) is 2.91. The van der Waals surface area contributed by atoms with E-state index in [0.717, 1.165) is 10.5 Å². The lowest BCUT2D eigenvalue weighted by Gasteiger charge is -2.16. The monoisotopic (exact) mass is 193 g/mol. The summed E-state index contributed by atoms with van der Waals surface area (Å²) in [6, 6.07) is 9.27. The largest absolute Gasteiger partial charge is 0.400 e. The first kappa shape index (κ1) is 10.4. The lowest BCUT2D eigenvalue weighted by atomic mass is 10.2. The van der Waals surface area contributed by atoms with Crippen molar-refractivity contribution in [3.8, 4) is 0 Å². The van der Waals surface area contributed by atoms with E-state index in [1.54, 1.807) is 0 Å². The van der Waals surface area contributed by atoms with Gasteiger partial charge in [-0.15, -0.1) is 11.0 Å². The van der Waals surface area contributed by atoms with Crippen molar-refractivity contribution in [2.45, 2.75) is 6.54 Å². The van der Waals surface area contributed by atoms with Crippen LogP contribution < -0.4 is 0 Å². The van der Waals surface area contributed by atoms with Crippen LogP contribution in [-0.4, -0.2) is 17.6 Å². The summed E-state index contributed by atoms with van der Waals surface area (Å²) in [6.07, 6.45) is 0.0780. The molecule has 0 atom stereocenters. The van der Waals surface area contributed by atoms with Crippen LogP contribution in [0.4, 0.5) is 9.18 Å². The molecule has 0 aromatic heterocycles. The van der Waals surface area contributed by atoms with Crippen LogP contribution in [0.1, 0.15) is 5.56 Å². The van der Waals surface area contributed by atoms with E-state index in [0.29, 0.717) is 0 Å². The standard InChI is InChI=1S/C11H12FNO/c1-2-8-13(11(12)14)9-10-6-4-3-5-7-10/h2-7H,1,8-9H2. The normalized spacial score (nSPS) is 9.50. The van der Waals surface area contributed by atoms with E-state index in [2.05, 4.69) is 6.58 Å². The third kappa shape index (κ3) is 3.01. The van der Waals surface area contributed by atoms with Crippen molar-refractivity contribution < 1.29 is 9.18 Å². The third-order valence-electron chi connectivity index (χ3n) is 1.81. The Balaban J connectivity index is 2.64. The fraction of sp³-hybridized carbons (Fsp3) is 0.182. The zero-order valence-electron chi connectivity index (χ0n) is 7.82. The first-order valence-electron chi connectivity index (χ1n) is 4.33. The van der Waals surface area contributed by atoms with Crippen molar-refractivity contribution >= 4 is 6.16 Å². The van der Waals surface area contributed by atoms with Gasteiger partial charge >= 0.3 is 6.16 Å². The quantitative estimate of drug-likeness (QED) is 0.409. The van der Waals surface area contributed by atoms with Crippen LogP contribution in [0.2, 0.25) is 0 Å². The van der Waals surface area contributed by atoms with Gasteiger partial charge in [-0.2, -0.15) is 0 Å². The number of halogens is 1. The van der Waals surface area contributed by atoms with E-state index < -0.39 is 6.16 Å². The van der Waals surface area contributed by atoms with Crippen LogP contribution in [-0.2, 0) is 6.54 Å². The summed E-state index contributed by atoms with van der Waals surface area (Å²) in [4.78, 5) is 11.6. The number of carbonyl (C=O) groups excluding carboxylic acids is 1. The zero-order chi connectivity index (χ0) is 10.4. The molecule has 1 aromatic rings. The van der Waals surface area contributed by atoms with Gasteiger partial charge in [0.05, 0.1) is 0 Å². The molecule has 0 saturated carbocycles. The highest BCUT2D eigenvalue weighted by Crippen LogP contribution is 2.05. The Bertz CT molecular complexity index is 310. The van der Waals surface area contributed by atoms with Crippen molar-refractivity contribution in [1.82, 2.24) is 4.90 Å². The van der Waals surface area contributed by atoms with Gasteiger partial charge in [0.1, 0.15) is 0 Å². The summed E-state index contributed by atoms with van der Waals surface area (Å²) in [5, 5.41) is 0. The zero-order valence-corrected chi connectivity index (χ0v) is 7.82. The minimum atomic E-state index is -1.42. The number of amides is 1. The van der Waals surface area contributed by atoms with E-state index in [-0.39, 0.29) is 13.1 Å². The van der Waals surface area contributed by atoms with Gasteiger partial charge in [-0.05, 0) is 5.56 Å². The maximum absolute atomic E-state index is 12.5. The Labute approximate surface area is 82.7 Å². The minimum absolute atomic E-state index is 0.226. The molecule has 74 valence electrons. The second kappa shape index (κ2) is 5.17. The predicted molar refractivity (Wildman–Crippen MR) is 53.6 cm³/mol. The molecule has 14 heavy (non-hydrogen) atoms. The molecule has 0 spiro atoms. The summed E-state index contributed by atoms with van der Waals surface area (Å²) >= 11 is 0. The highest BCUT2D eigenvalue weighted by molar-refractivity contribution is 5.66. The number of benzene rings is 1. The van der Waals surface area contributed by atoms with Gasteiger partial charge in [-0.1, -0.05) is 36.4 Å². The Hall–Kier alpha value is -1.64. The third-order valence-corrected chi connectivity index (χ3v) is 1.81. The molecule has 0 saturated heterocycles. The molecule has 0 unspecified atom stereocenters. The molecular weight excluding hydrogens is 181 g/mol. The van der Waals surface area contributed by atoms with Crippen LogP contribution in [0.25, 0.3) is 0 Å². The van der Waals surface area contributed by atoms with Crippen molar-refractivity contribution in [3.05, 3.63) is 48.6 Å². The minimum Gasteiger partial charge on any atom is -0.307 e. The van der Waals surface area contributed by atoms with Crippen molar-refractivity contribution in [2.24, 2.45) is 0 Å². The highest BCUT2D eigenvalue weighted by Gasteiger charge is 2.10. The van der Waals surface area contributed by atoms with Crippen LogP contribution in [0.5, 0.6) is 0 Å². The second-order valence-corrected chi connectivity index (χ2v) is 2.91. The summed E-state index contributed by atoms with van der Waals surface area (Å²) in [5.74, 6) is 0. The molecule has 0 bridgehead atoms. The molecule has 1 rings (SSSR count). The van der Waals surface area contributed by atoms with Gasteiger partial charge in [0.2, 0.25) is 0 Å². The SMILES string of the molecule is C=CCN(Cc1ccccc1)C(=O)F. The maximum atomic E-state index is 12.5. The molecule has 0 aliphatic heterocycles.